The monoisotopic (exact) mass is 446 g/mol. The van der Waals surface area contributed by atoms with Crippen LogP contribution in [0.3, 0.4) is 0 Å². The number of nitrogens with zero attached hydrogens (tertiary/aromatic N) is 1. The molecule has 4 aromatic rings. The van der Waals surface area contributed by atoms with E-state index in [9.17, 15) is 14.9 Å². The van der Waals surface area contributed by atoms with Gasteiger partial charge in [-0.25, -0.2) is 4.79 Å². The van der Waals surface area contributed by atoms with Gasteiger partial charge in [-0.15, -0.1) is 11.8 Å². The van der Waals surface area contributed by atoms with E-state index < -0.39 is 22.2 Å². The van der Waals surface area contributed by atoms with Crippen LogP contribution in [0.1, 0.15) is 21.9 Å². The molecule has 6 nitrogen and oxygen atoms in total. The Labute approximate surface area is 189 Å². The van der Waals surface area contributed by atoms with Crippen molar-refractivity contribution in [2.75, 3.05) is 0 Å². The molecule has 0 saturated heterocycles. The minimum absolute atomic E-state index is 0.00598. The van der Waals surface area contributed by atoms with E-state index in [2.05, 4.69) is 4.98 Å². The molecule has 2 atom stereocenters. The van der Waals surface area contributed by atoms with Crippen molar-refractivity contribution in [3.05, 3.63) is 118 Å². The standard InChI is InChI=1S/C25H22N2O4S/c28-25(31-16-18-9-3-1-4-10-18)23(27(29)30)24(32-17-19-11-5-2-6-12-19)21-15-26-22-14-8-7-13-20(21)22/h1-15,23-24,26H,16-17H2/t23-,24+/m0/s1. The fourth-order valence-electron chi connectivity index (χ4n) is 3.57. The number of rotatable bonds is 9. The molecule has 0 bridgehead atoms. The van der Waals surface area contributed by atoms with Crippen molar-refractivity contribution in [2.45, 2.75) is 23.7 Å². The Morgan fingerprint density at radius 2 is 1.56 bits per heavy atom. The number of fused-ring (bicyclic) bond motifs is 1. The van der Waals surface area contributed by atoms with Gasteiger partial charge in [-0.1, -0.05) is 78.9 Å². The summed E-state index contributed by atoms with van der Waals surface area (Å²) >= 11 is 1.37. The largest absolute Gasteiger partial charge is 0.456 e. The zero-order valence-corrected chi connectivity index (χ0v) is 18.0. The zero-order valence-electron chi connectivity index (χ0n) is 17.2. The number of hydrogen-bond acceptors (Lipinski definition) is 5. The highest BCUT2D eigenvalue weighted by Crippen LogP contribution is 2.39. The van der Waals surface area contributed by atoms with Crippen molar-refractivity contribution in [3.63, 3.8) is 0 Å². The van der Waals surface area contributed by atoms with Crippen molar-refractivity contribution >= 4 is 28.6 Å². The number of nitro groups is 1. The number of nitrogens with one attached hydrogen (secondary N) is 1. The first-order chi connectivity index (χ1) is 15.6. The summed E-state index contributed by atoms with van der Waals surface area (Å²) in [5.74, 6) is -0.309. The summed E-state index contributed by atoms with van der Waals surface area (Å²) in [7, 11) is 0. The summed E-state index contributed by atoms with van der Waals surface area (Å²) in [5.41, 5.74) is 3.40. The van der Waals surface area contributed by atoms with Crippen LogP contribution in [0, 0.1) is 10.1 Å². The molecule has 32 heavy (non-hydrogen) atoms. The van der Waals surface area contributed by atoms with Gasteiger partial charge in [0.1, 0.15) is 11.9 Å². The molecule has 7 heteroatoms. The highest BCUT2D eigenvalue weighted by Gasteiger charge is 2.42. The van der Waals surface area contributed by atoms with Crippen molar-refractivity contribution in [1.29, 1.82) is 0 Å². The molecular formula is C25H22N2O4S. The summed E-state index contributed by atoms with van der Waals surface area (Å²) < 4.78 is 5.39. The number of aromatic amines is 1. The van der Waals surface area contributed by atoms with Gasteiger partial charge in [-0.3, -0.25) is 10.1 Å². The topological polar surface area (TPSA) is 85.2 Å². The number of para-hydroxylation sites is 1. The van der Waals surface area contributed by atoms with Crippen LogP contribution in [-0.2, 0) is 21.9 Å². The number of benzene rings is 3. The first-order valence-corrected chi connectivity index (χ1v) is 11.2. The minimum atomic E-state index is -1.54. The van der Waals surface area contributed by atoms with Crippen molar-refractivity contribution in [3.8, 4) is 0 Å². The number of carbonyl (C=O) groups excluding carboxylic acids is 1. The number of carbonyl (C=O) groups is 1. The van der Waals surface area contributed by atoms with Crippen LogP contribution < -0.4 is 0 Å². The van der Waals surface area contributed by atoms with E-state index in [-0.39, 0.29) is 6.61 Å². The van der Waals surface area contributed by atoms with E-state index in [0.29, 0.717) is 5.75 Å². The maximum Gasteiger partial charge on any atom is 0.383 e. The van der Waals surface area contributed by atoms with Crippen LogP contribution in [0.4, 0.5) is 0 Å². The molecule has 0 amide bonds. The van der Waals surface area contributed by atoms with E-state index in [4.69, 9.17) is 4.74 Å². The molecule has 162 valence electrons. The maximum absolute atomic E-state index is 13.0. The van der Waals surface area contributed by atoms with E-state index in [1.54, 1.807) is 6.20 Å². The van der Waals surface area contributed by atoms with Crippen molar-refractivity contribution < 1.29 is 14.5 Å². The predicted molar refractivity (Wildman–Crippen MR) is 126 cm³/mol. The van der Waals surface area contributed by atoms with Gasteiger partial charge in [-0.2, -0.15) is 0 Å². The Balaban J connectivity index is 1.63. The van der Waals surface area contributed by atoms with Crippen molar-refractivity contribution in [1.82, 2.24) is 4.98 Å². The fourth-order valence-corrected chi connectivity index (χ4v) is 4.91. The van der Waals surface area contributed by atoms with Gasteiger partial charge < -0.3 is 9.72 Å². The summed E-state index contributed by atoms with van der Waals surface area (Å²) in [5, 5.41) is 12.3. The molecule has 1 aromatic heterocycles. The van der Waals surface area contributed by atoms with Crippen LogP contribution >= 0.6 is 11.8 Å². The lowest BCUT2D eigenvalue weighted by molar-refractivity contribution is -0.510. The fraction of sp³-hybridized carbons (Fsp3) is 0.160. The van der Waals surface area contributed by atoms with Crippen LogP contribution in [0.25, 0.3) is 10.9 Å². The smallest absolute Gasteiger partial charge is 0.383 e. The number of H-pyrrole nitrogens is 1. The summed E-state index contributed by atoms with van der Waals surface area (Å²) in [4.78, 5) is 27.7. The van der Waals surface area contributed by atoms with E-state index >= 15 is 0 Å². The average molecular weight is 447 g/mol. The second-order valence-electron chi connectivity index (χ2n) is 7.33. The lowest BCUT2D eigenvalue weighted by Crippen LogP contribution is -2.36. The van der Waals surface area contributed by atoms with Gasteiger partial charge in [0, 0.05) is 27.8 Å². The first kappa shape index (κ1) is 21.6. The van der Waals surface area contributed by atoms with Crippen LogP contribution in [0.5, 0.6) is 0 Å². The van der Waals surface area contributed by atoms with E-state index in [1.165, 1.54) is 11.8 Å². The molecule has 0 aliphatic heterocycles. The molecule has 1 N–H and O–H groups in total. The molecule has 0 unspecified atom stereocenters. The molecule has 4 rings (SSSR count). The normalized spacial score (nSPS) is 12.9. The quantitative estimate of drug-likeness (QED) is 0.208. The Kier molecular flexibility index (Phi) is 6.87. The average Bonchev–Trinajstić information content (AvgIpc) is 3.25. The first-order valence-electron chi connectivity index (χ1n) is 10.2. The molecule has 0 fully saturated rings. The third kappa shape index (κ3) is 5.00. The third-order valence-electron chi connectivity index (χ3n) is 5.18. The van der Waals surface area contributed by atoms with E-state index in [1.807, 2.05) is 84.9 Å². The summed E-state index contributed by atoms with van der Waals surface area (Å²) in [6.45, 7) is -0.00598. The Hall–Kier alpha value is -3.58. The van der Waals surface area contributed by atoms with Crippen LogP contribution in [0.2, 0.25) is 0 Å². The molecular weight excluding hydrogens is 424 g/mol. The Morgan fingerprint density at radius 3 is 2.25 bits per heavy atom. The SMILES string of the molecule is O=C(OCc1ccccc1)[C@H]([C@H](SCc1ccccc1)c1c[nH]c2ccccc12)[N+](=O)[O-]. The van der Waals surface area contributed by atoms with Gasteiger partial charge >= 0.3 is 12.0 Å². The predicted octanol–water partition coefficient (Wildman–Crippen LogP) is 5.53. The van der Waals surface area contributed by atoms with Gasteiger partial charge in [0.05, 0.1) is 0 Å². The van der Waals surface area contributed by atoms with Gasteiger partial charge in [0.15, 0.2) is 0 Å². The Bertz CT molecular complexity index is 1190. The van der Waals surface area contributed by atoms with Crippen LogP contribution in [-0.4, -0.2) is 21.9 Å². The second kappa shape index (κ2) is 10.2. The number of esters is 1. The number of thioether (sulfide) groups is 1. The minimum Gasteiger partial charge on any atom is -0.456 e. The Morgan fingerprint density at radius 1 is 0.938 bits per heavy atom. The van der Waals surface area contributed by atoms with Gasteiger partial charge in [0.25, 0.3) is 0 Å². The second-order valence-corrected chi connectivity index (χ2v) is 8.46. The third-order valence-corrected chi connectivity index (χ3v) is 6.55. The lowest BCUT2D eigenvalue weighted by atomic mass is 10.0. The highest BCUT2D eigenvalue weighted by molar-refractivity contribution is 7.98. The van der Waals surface area contributed by atoms with Crippen molar-refractivity contribution in [2.24, 2.45) is 0 Å². The molecule has 1 heterocycles. The maximum atomic E-state index is 13.0. The zero-order chi connectivity index (χ0) is 22.3. The number of aromatic nitrogens is 1. The molecule has 0 saturated carbocycles. The van der Waals surface area contributed by atoms with Crippen LogP contribution in [0.15, 0.2) is 91.1 Å². The summed E-state index contributed by atoms with van der Waals surface area (Å²) in [6.07, 6.45) is 1.76. The van der Waals surface area contributed by atoms with Gasteiger partial charge in [0.2, 0.25) is 0 Å². The number of hydrogen-bond donors (Lipinski definition) is 1. The van der Waals surface area contributed by atoms with Gasteiger partial charge in [-0.05, 0) is 22.8 Å². The van der Waals surface area contributed by atoms with E-state index in [0.717, 1.165) is 27.6 Å². The molecule has 3 aromatic carbocycles. The molecule has 0 aliphatic rings. The summed E-state index contributed by atoms with van der Waals surface area (Å²) in [6, 6.07) is 24.9. The molecule has 0 spiro atoms. The lowest BCUT2D eigenvalue weighted by Gasteiger charge is -2.20. The molecule has 0 aliphatic carbocycles. The number of ether oxygens (including phenoxy) is 1. The highest BCUT2D eigenvalue weighted by atomic mass is 32.2. The molecule has 0 radical (unpaired) electrons.